The second-order valence-corrected chi connectivity index (χ2v) is 11.8. The molecule has 0 bridgehead atoms. The standard InChI is InChI=1S/C33H32N4O3S/c1-24-15-17-29(18-16-24)41(39,40)36-31(27-11-4-3-5-12-27)20-33(38)35-34-21-28-23-37(32-14-7-6-13-30(28)32)22-26-10-8-9-25(2)19-26/h3-19,21,23,31,36H,20,22H2,1-2H3,(H,35,38)/b34-21-/t31-/m0/s1. The van der Waals surface area contributed by atoms with Crippen LogP contribution in [-0.2, 0) is 21.4 Å². The van der Waals surface area contributed by atoms with Gasteiger partial charge in [0, 0.05) is 35.6 Å². The van der Waals surface area contributed by atoms with Gasteiger partial charge in [-0.15, -0.1) is 0 Å². The van der Waals surface area contributed by atoms with Crippen LogP contribution in [0.1, 0.15) is 40.3 Å². The first kappa shape index (κ1) is 28.0. The lowest BCUT2D eigenvalue weighted by Gasteiger charge is -2.18. The van der Waals surface area contributed by atoms with E-state index in [1.54, 1.807) is 42.6 Å². The Balaban J connectivity index is 1.31. The van der Waals surface area contributed by atoms with Gasteiger partial charge in [-0.3, -0.25) is 4.79 Å². The number of nitrogens with one attached hydrogen (secondary N) is 2. The van der Waals surface area contributed by atoms with E-state index < -0.39 is 22.0 Å². The van der Waals surface area contributed by atoms with Crippen LogP contribution in [0.3, 0.4) is 0 Å². The first-order chi connectivity index (χ1) is 19.8. The Morgan fingerprint density at radius 2 is 1.61 bits per heavy atom. The van der Waals surface area contributed by atoms with Crippen molar-refractivity contribution in [1.82, 2.24) is 14.7 Å². The Kier molecular flexibility index (Phi) is 8.42. The number of fused-ring (bicyclic) bond motifs is 1. The minimum Gasteiger partial charge on any atom is -0.342 e. The van der Waals surface area contributed by atoms with E-state index in [4.69, 9.17) is 0 Å². The van der Waals surface area contributed by atoms with Crippen molar-refractivity contribution < 1.29 is 13.2 Å². The smallest absolute Gasteiger partial charge is 0.242 e. The molecule has 5 rings (SSSR count). The lowest BCUT2D eigenvalue weighted by Crippen LogP contribution is -2.32. The minimum absolute atomic E-state index is 0.123. The van der Waals surface area contributed by atoms with Crippen molar-refractivity contribution in [1.29, 1.82) is 0 Å². The van der Waals surface area contributed by atoms with Crippen LogP contribution in [-0.4, -0.2) is 25.1 Å². The first-order valence-corrected chi connectivity index (χ1v) is 14.9. The van der Waals surface area contributed by atoms with Crippen LogP contribution in [0, 0.1) is 13.8 Å². The van der Waals surface area contributed by atoms with E-state index in [9.17, 15) is 13.2 Å². The molecule has 208 valence electrons. The zero-order chi connectivity index (χ0) is 28.8. The highest BCUT2D eigenvalue weighted by molar-refractivity contribution is 7.89. The predicted molar refractivity (Wildman–Crippen MR) is 163 cm³/mol. The Labute approximate surface area is 240 Å². The van der Waals surface area contributed by atoms with E-state index >= 15 is 0 Å². The Morgan fingerprint density at radius 1 is 0.878 bits per heavy atom. The van der Waals surface area contributed by atoms with Gasteiger partial charge in [0.1, 0.15) is 0 Å². The molecule has 0 unspecified atom stereocenters. The number of sulfonamides is 1. The van der Waals surface area contributed by atoms with E-state index in [1.165, 1.54) is 11.1 Å². The average molecular weight is 565 g/mol. The van der Waals surface area contributed by atoms with Crippen molar-refractivity contribution in [2.24, 2.45) is 5.10 Å². The molecule has 0 fully saturated rings. The lowest BCUT2D eigenvalue weighted by atomic mass is 10.0. The van der Waals surface area contributed by atoms with Crippen LogP contribution >= 0.6 is 0 Å². The Hall–Kier alpha value is -4.53. The fourth-order valence-electron chi connectivity index (χ4n) is 4.81. The van der Waals surface area contributed by atoms with Crippen LogP contribution in [0.2, 0.25) is 0 Å². The van der Waals surface area contributed by atoms with Gasteiger partial charge in [0.05, 0.1) is 17.2 Å². The number of hydrogen-bond donors (Lipinski definition) is 2. The third-order valence-corrected chi connectivity index (χ3v) is 8.36. The van der Waals surface area contributed by atoms with Crippen molar-refractivity contribution in [2.45, 2.75) is 37.8 Å². The number of aryl methyl sites for hydroxylation is 2. The van der Waals surface area contributed by atoms with E-state index in [2.05, 4.69) is 57.1 Å². The molecule has 1 aromatic heterocycles. The maximum absolute atomic E-state index is 13.1. The second-order valence-electron chi connectivity index (χ2n) is 10.1. The molecule has 41 heavy (non-hydrogen) atoms. The minimum atomic E-state index is -3.85. The predicted octanol–water partition coefficient (Wildman–Crippen LogP) is 5.87. The third kappa shape index (κ3) is 6.98. The molecule has 0 aliphatic carbocycles. The topological polar surface area (TPSA) is 92.6 Å². The van der Waals surface area contributed by atoms with Gasteiger partial charge in [0.15, 0.2) is 0 Å². The fourth-order valence-corrected chi connectivity index (χ4v) is 6.03. The van der Waals surface area contributed by atoms with E-state index in [1.807, 2.05) is 49.5 Å². The van der Waals surface area contributed by atoms with Gasteiger partial charge in [-0.1, -0.05) is 96.1 Å². The molecule has 0 aliphatic heterocycles. The van der Waals surface area contributed by atoms with Crippen molar-refractivity contribution in [3.05, 3.63) is 137 Å². The van der Waals surface area contributed by atoms with Crippen LogP contribution in [0.15, 0.2) is 119 Å². The molecule has 0 saturated heterocycles. The highest BCUT2D eigenvalue weighted by Crippen LogP contribution is 2.23. The molecule has 0 aliphatic rings. The van der Waals surface area contributed by atoms with Crippen LogP contribution in [0.4, 0.5) is 0 Å². The van der Waals surface area contributed by atoms with Crippen molar-refractivity contribution in [3.63, 3.8) is 0 Å². The SMILES string of the molecule is Cc1ccc(S(=O)(=O)N[C@@H](CC(=O)N/N=C\c2cn(Cc3cccc(C)c3)c3ccccc23)c2ccccc2)cc1. The zero-order valence-corrected chi connectivity index (χ0v) is 23.8. The van der Waals surface area contributed by atoms with Gasteiger partial charge < -0.3 is 4.57 Å². The van der Waals surface area contributed by atoms with Crippen LogP contribution in [0.25, 0.3) is 10.9 Å². The fraction of sp³-hybridized carbons (Fsp3) is 0.152. The first-order valence-electron chi connectivity index (χ1n) is 13.4. The summed E-state index contributed by atoms with van der Waals surface area (Å²) in [6.45, 7) is 4.68. The Bertz CT molecular complexity index is 1790. The molecule has 1 heterocycles. The molecule has 5 aromatic rings. The summed E-state index contributed by atoms with van der Waals surface area (Å²) in [5.74, 6) is -0.412. The molecule has 7 nitrogen and oxygen atoms in total. The number of carbonyl (C=O) groups excluding carboxylic acids is 1. The molecule has 1 amide bonds. The summed E-state index contributed by atoms with van der Waals surface area (Å²) in [6, 6.07) is 31.3. The number of carbonyl (C=O) groups is 1. The zero-order valence-electron chi connectivity index (χ0n) is 23.0. The number of para-hydroxylation sites is 1. The summed E-state index contributed by atoms with van der Waals surface area (Å²) < 4.78 is 31.1. The van der Waals surface area contributed by atoms with Gasteiger partial charge in [-0.05, 0) is 43.2 Å². The maximum Gasteiger partial charge on any atom is 0.242 e. The van der Waals surface area contributed by atoms with Gasteiger partial charge in [-0.2, -0.15) is 5.10 Å². The van der Waals surface area contributed by atoms with Gasteiger partial charge in [0.2, 0.25) is 15.9 Å². The van der Waals surface area contributed by atoms with Gasteiger partial charge in [0.25, 0.3) is 0 Å². The number of hydrogen-bond acceptors (Lipinski definition) is 4. The molecule has 0 spiro atoms. The molecule has 4 aromatic carbocycles. The number of aromatic nitrogens is 1. The second kappa shape index (κ2) is 12.3. The average Bonchev–Trinajstić information content (AvgIpc) is 3.30. The summed E-state index contributed by atoms with van der Waals surface area (Å²) in [6.07, 6.45) is 3.52. The van der Waals surface area contributed by atoms with Gasteiger partial charge in [-0.25, -0.2) is 18.6 Å². The van der Waals surface area contributed by atoms with Crippen molar-refractivity contribution >= 4 is 33.0 Å². The summed E-state index contributed by atoms with van der Waals surface area (Å²) >= 11 is 0. The van der Waals surface area contributed by atoms with Gasteiger partial charge >= 0.3 is 0 Å². The number of hydrazone groups is 1. The molecular formula is C33H32N4O3S. The summed E-state index contributed by atoms with van der Waals surface area (Å²) in [5.41, 5.74) is 8.56. The highest BCUT2D eigenvalue weighted by Gasteiger charge is 2.23. The normalized spacial score (nSPS) is 12.5. The summed E-state index contributed by atoms with van der Waals surface area (Å²) in [4.78, 5) is 13.1. The lowest BCUT2D eigenvalue weighted by molar-refractivity contribution is -0.121. The molecule has 1 atom stereocenters. The highest BCUT2D eigenvalue weighted by atomic mass is 32.2. The van der Waals surface area contributed by atoms with E-state index in [-0.39, 0.29) is 11.3 Å². The summed E-state index contributed by atoms with van der Waals surface area (Å²) in [7, 11) is -3.85. The molecule has 0 radical (unpaired) electrons. The number of amides is 1. The Morgan fingerprint density at radius 3 is 2.37 bits per heavy atom. The molecule has 2 N–H and O–H groups in total. The van der Waals surface area contributed by atoms with Crippen LogP contribution < -0.4 is 10.1 Å². The summed E-state index contributed by atoms with van der Waals surface area (Å²) in [5, 5.41) is 5.24. The number of benzene rings is 4. The van der Waals surface area contributed by atoms with E-state index in [0.29, 0.717) is 12.1 Å². The molecular weight excluding hydrogens is 532 g/mol. The largest absolute Gasteiger partial charge is 0.342 e. The monoisotopic (exact) mass is 564 g/mol. The van der Waals surface area contributed by atoms with E-state index in [0.717, 1.165) is 22.0 Å². The third-order valence-electron chi connectivity index (χ3n) is 6.87. The number of nitrogens with zero attached hydrogens (tertiary/aromatic N) is 2. The van der Waals surface area contributed by atoms with Crippen molar-refractivity contribution in [2.75, 3.05) is 0 Å². The van der Waals surface area contributed by atoms with Crippen LogP contribution in [0.5, 0.6) is 0 Å². The number of rotatable bonds is 10. The van der Waals surface area contributed by atoms with Crippen molar-refractivity contribution in [3.8, 4) is 0 Å². The molecule has 8 heteroatoms. The molecule has 0 saturated carbocycles. The maximum atomic E-state index is 13.1. The quantitative estimate of drug-likeness (QED) is 0.164.